The van der Waals surface area contributed by atoms with Crippen LogP contribution < -0.4 is 0 Å². The average molecular weight is 131 g/mol. The Balaban J connectivity index is 2.96. The highest BCUT2D eigenvalue weighted by atomic mass is 13.9. The predicted octanol–water partition coefficient (Wildman–Crippen LogP) is 2.91. The van der Waals surface area contributed by atoms with E-state index in [0.717, 1.165) is 0 Å². The van der Waals surface area contributed by atoms with Crippen molar-refractivity contribution in [3.63, 3.8) is 0 Å². The van der Waals surface area contributed by atoms with E-state index >= 15 is 0 Å². The van der Waals surface area contributed by atoms with Crippen LogP contribution in [0.3, 0.4) is 0 Å². The van der Waals surface area contributed by atoms with E-state index in [2.05, 4.69) is 25.1 Å². The SMILES string of the molecule is C[C+]=C(C)c1ccccc1. The van der Waals surface area contributed by atoms with Crippen molar-refractivity contribution in [3.05, 3.63) is 42.0 Å². The van der Waals surface area contributed by atoms with Crippen molar-refractivity contribution < 1.29 is 0 Å². The molecule has 0 saturated heterocycles. The van der Waals surface area contributed by atoms with Crippen LogP contribution in [0.25, 0.3) is 5.57 Å². The van der Waals surface area contributed by atoms with E-state index in [1.54, 1.807) is 0 Å². The van der Waals surface area contributed by atoms with Gasteiger partial charge in [0, 0.05) is 19.1 Å². The van der Waals surface area contributed by atoms with Gasteiger partial charge in [-0.05, 0) is 12.1 Å². The minimum Gasteiger partial charge on any atom is -0.0586 e. The molecule has 0 aliphatic rings. The molecule has 0 saturated carbocycles. The summed E-state index contributed by atoms with van der Waals surface area (Å²) in [6.45, 7) is 4.00. The predicted molar refractivity (Wildman–Crippen MR) is 44.4 cm³/mol. The van der Waals surface area contributed by atoms with Crippen LogP contribution in [-0.2, 0) is 0 Å². The number of rotatable bonds is 1. The summed E-state index contributed by atoms with van der Waals surface area (Å²) in [5, 5.41) is 0. The summed E-state index contributed by atoms with van der Waals surface area (Å²) >= 11 is 0. The third kappa shape index (κ3) is 1.43. The topological polar surface area (TPSA) is 0 Å². The first-order chi connectivity index (χ1) is 4.84. The van der Waals surface area contributed by atoms with Gasteiger partial charge in [0.05, 0.1) is 13.0 Å². The van der Waals surface area contributed by atoms with E-state index in [1.807, 2.05) is 25.1 Å². The summed E-state index contributed by atoms with van der Waals surface area (Å²) < 4.78 is 0. The smallest absolute Gasteiger partial charge is 0.0586 e. The maximum atomic E-state index is 3.10. The Hall–Kier alpha value is -1.13. The quantitative estimate of drug-likeness (QED) is 0.514. The number of benzene rings is 1. The zero-order chi connectivity index (χ0) is 7.40. The maximum absolute atomic E-state index is 3.10. The zero-order valence-corrected chi connectivity index (χ0v) is 6.39. The summed E-state index contributed by atoms with van der Waals surface area (Å²) in [5.74, 6) is 0. The molecule has 0 spiro atoms. The van der Waals surface area contributed by atoms with Crippen molar-refractivity contribution >= 4 is 5.57 Å². The normalized spacial score (nSPS) is 10.8. The van der Waals surface area contributed by atoms with Gasteiger partial charge in [-0.15, -0.1) is 0 Å². The summed E-state index contributed by atoms with van der Waals surface area (Å²) in [4.78, 5) is 0. The van der Waals surface area contributed by atoms with Gasteiger partial charge in [0.2, 0.25) is 0 Å². The van der Waals surface area contributed by atoms with Gasteiger partial charge in [0.25, 0.3) is 0 Å². The lowest BCUT2D eigenvalue weighted by molar-refractivity contribution is 1.51. The Bertz CT molecular complexity index is 219. The average Bonchev–Trinajstić information content (AvgIpc) is 2.05. The molecule has 10 heavy (non-hydrogen) atoms. The van der Waals surface area contributed by atoms with Gasteiger partial charge in [-0.25, -0.2) is 0 Å². The minimum atomic E-state index is 1.21. The lowest BCUT2D eigenvalue weighted by Crippen LogP contribution is -1.75. The number of allylic oxidation sites excluding steroid dienone is 2. The summed E-state index contributed by atoms with van der Waals surface area (Å²) in [7, 11) is 0. The van der Waals surface area contributed by atoms with Gasteiger partial charge in [-0.2, -0.15) is 0 Å². The standard InChI is InChI=1S/C10H11/c1-3-9(2)10-7-5-4-6-8-10/h4-8H,1-2H3/q+1. The van der Waals surface area contributed by atoms with E-state index in [0.29, 0.717) is 0 Å². The van der Waals surface area contributed by atoms with E-state index < -0.39 is 0 Å². The molecule has 0 aliphatic carbocycles. The van der Waals surface area contributed by atoms with Crippen molar-refractivity contribution in [1.29, 1.82) is 0 Å². The lowest BCUT2D eigenvalue weighted by atomic mass is 10.1. The van der Waals surface area contributed by atoms with E-state index in [9.17, 15) is 0 Å². The summed E-state index contributed by atoms with van der Waals surface area (Å²) in [6, 6.07) is 10.3. The second kappa shape index (κ2) is 3.14. The third-order valence-electron chi connectivity index (χ3n) is 1.58. The van der Waals surface area contributed by atoms with E-state index in [-0.39, 0.29) is 0 Å². The molecule has 0 bridgehead atoms. The molecule has 1 aromatic rings. The molecule has 1 aromatic carbocycles. The van der Waals surface area contributed by atoms with Gasteiger partial charge >= 0.3 is 0 Å². The first-order valence-corrected chi connectivity index (χ1v) is 3.41. The monoisotopic (exact) mass is 131 g/mol. The third-order valence-corrected chi connectivity index (χ3v) is 1.58. The molecule has 0 heteroatoms. The molecule has 50 valence electrons. The first-order valence-electron chi connectivity index (χ1n) is 3.41. The number of hydrogen-bond acceptors (Lipinski definition) is 0. The van der Waals surface area contributed by atoms with Gasteiger partial charge in [-0.3, -0.25) is 0 Å². The van der Waals surface area contributed by atoms with Gasteiger partial charge in [0.15, 0.2) is 5.57 Å². The van der Waals surface area contributed by atoms with Crippen LogP contribution in [0.4, 0.5) is 0 Å². The van der Waals surface area contributed by atoms with Crippen LogP contribution >= 0.6 is 0 Å². The van der Waals surface area contributed by atoms with Crippen molar-refractivity contribution in [2.45, 2.75) is 13.8 Å². The molecular formula is C10H11+. The molecular weight excluding hydrogens is 120 g/mol. The van der Waals surface area contributed by atoms with Crippen molar-refractivity contribution in [2.75, 3.05) is 0 Å². The molecule has 0 radical (unpaired) electrons. The fourth-order valence-corrected chi connectivity index (χ4v) is 0.832. The van der Waals surface area contributed by atoms with Crippen molar-refractivity contribution in [2.24, 2.45) is 0 Å². The molecule has 0 aromatic heterocycles. The molecule has 0 amide bonds. The fourth-order valence-electron chi connectivity index (χ4n) is 0.832. The van der Waals surface area contributed by atoms with Gasteiger partial charge < -0.3 is 0 Å². The maximum Gasteiger partial charge on any atom is 0.171 e. The molecule has 0 fully saturated rings. The number of hydrogen-bond donors (Lipinski definition) is 0. The highest BCUT2D eigenvalue weighted by Crippen LogP contribution is 2.10. The molecule has 0 heterocycles. The van der Waals surface area contributed by atoms with Gasteiger partial charge in [0.1, 0.15) is 5.56 Å². The van der Waals surface area contributed by atoms with Crippen molar-refractivity contribution in [3.8, 4) is 0 Å². The van der Waals surface area contributed by atoms with E-state index in [4.69, 9.17) is 0 Å². The molecule has 0 N–H and O–H groups in total. The second-order valence-corrected chi connectivity index (χ2v) is 2.24. The van der Waals surface area contributed by atoms with Crippen LogP contribution in [0.15, 0.2) is 30.3 Å². The van der Waals surface area contributed by atoms with Crippen LogP contribution in [0, 0.1) is 6.08 Å². The van der Waals surface area contributed by atoms with E-state index in [1.165, 1.54) is 11.1 Å². The highest BCUT2D eigenvalue weighted by Gasteiger charge is 2.02. The second-order valence-electron chi connectivity index (χ2n) is 2.24. The van der Waals surface area contributed by atoms with Crippen molar-refractivity contribution in [1.82, 2.24) is 0 Å². The van der Waals surface area contributed by atoms with Crippen LogP contribution in [0.2, 0.25) is 0 Å². The van der Waals surface area contributed by atoms with Crippen LogP contribution in [0.1, 0.15) is 19.4 Å². The Morgan fingerprint density at radius 3 is 2.30 bits per heavy atom. The Labute approximate surface area is 62.2 Å². The minimum absolute atomic E-state index is 1.21. The first kappa shape index (κ1) is 6.98. The summed E-state index contributed by atoms with van der Waals surface area (Å²) in [5.41, 5.74) is 2.46. The zero-order valence-electron chi connectivity index (χ0n) is 6.39. The Morgan fingerprint density at radius 2 is 1.80 bits per heavy atom. The molecule has 1 rings (SSSR count). The lowest BCUT2D eigenvalue weighted by Gasteiger charge is -1.85. The summed E-state index contributed by atoms with van der Waals surface area (Å²) in [6.07, 6.45) is 3.10. The fraction of sp³-hybridized carbons (Fsp3) is 0.200. The molecule has 0 atom stereocenters. The largest absolute Gasteiger partial charge is 0.171 e. The Morgan fingerprint density at radius 1 is 1.20 bits per heavy atom. The molecule has 0 nitrogen and oxygen atoms in total. The van der Waals surface area contributed by atoms with Crippen LogP contribution in [-0.4, -0.2) is 0 Å². The highest BCUT2D eigenvalue weighted by molar-refractivity contribution is 5.61. The Kier molecular flexibility index (Phi) is 2.20. The van der Waals surface area contributed by atoms with Gasteiger partial charge in [-0.1, -0.05) is 6.07 Å². The van der Waals surface area contributed by atoms with Crippen LogP contribution in [0.5, 0.6) is 0 Å². The molecule has 0 aliphatic heterocycles. The molecule has 0 unspecified atom stereocenters.